The van der Waals surface area contributed by atoms with Gasteiger partial charge in [-0.05, 0) is 12.8 Å². The first-order valence-corrected chi connectivity index (χ1v) is 3.00. The van der Waals surface area contributed by atoms with Gasteiger partial charge in [0.2, 0.25) is 5.91 Å². The second kappa shape index (κ2) is 2.33. The largest absolute Gasteiger partial charge is 0.328 e. The smallest absolute Gasteiger partial charge is 0.237 e. The summed E-state index contributed by atoms with van der Waals surface area (Å²) >= 11 is 0. The summed E-state index contributed by atoms with van der Waals surface area (Å²) in [6.07, 6.45) is 1.56. The lowest BCUT2D eigenvalue weighted by atomic mass is 9.80. The van der Waals surface area contributed by atoms with Crippen LogP contribution in [0.15, 0.2) is 0 Å². The van der Waals surface area contributed by atoms with Crippen molar-refractivity contribution in [3.8, 4) is 0 Å². The van der Waals surface area contributed by atoms with Crippen LogP contribution in [0, 0.1) is 5.92 Å². The normalized spacial score (nSPS) is 33.1. The molecule has 0 radical (unpaired) electrons. The van der Waals surface area contributed by atoms with E-state index < -0.39 is 0 Å². The maximum Gasteiger partial charge on any atom is 0.237 e. The van der Waals surface area contributed by atoms with E-state index in [9.17, 15) is 4.79 Å². The van der Waals surface area contributed by atoms with Crippen molar-refractivity contribution in [3.63, 3.8) is 0 Å². The van der Waals surface area contributed by atoms with Gasteiger partial charge in [0.05, 0.1) is 0 Å². The molecule has 0 aromatic heterocycles. The van der Waals surface area contributed by atoms with E-state index in [1.165, 1.54) is 0 Å². The van der Waals surface area contributed by atoms with Gasteiger partial charge >= 0.3 is 0 Å². The molecule has 1 saturated carbocycles. The molecule has 52 valence electrons. The molecule has 0 heterocycles. The molecule has 0 aliphatic heterocycles. The van der Waals surface area contributed by atoms with E-state index in [2.05, 4.69) is 5.43 Å². The molecule has 9 heavy (non-hydrogen) atoms. The zero-order valence-corrected chi connectivity index (χ0v) is 5.13. The molecule has 0 aromatic carbocycles. The number of nitrogens with two attached hydrogens (primary N) is 2. The Hall–Kier alpha value is -0.610. The molecule has 1 rings (SSSR count). The van der Waals surface area contributed by atoms with Crippen molar-refractivity contribution in [2.75, 3.05) is 0 Å². The Morgan fingerprint density at radius 3 is 2.44 bits per heavy atom. The Labute approximate surface area is 53.6 Å². The van der Waals surface area contributed by atoms with Crippen LogP contribution in [0.5, 0.6) is 0 Å². The molecule has 0 atom stereocenters. The minimum atomic E-state index is -0.0864. The van der Waals surface area contributed by atoms with E-state index in [1.54, 1.807) is 0 Å². The van der Waals surface area contributed by atoms with E-state index in [-0.39, 0.29) is 17.9 Å². The molecular weight excluding hydrogens is 118 g/mol. The van der Waals surface area contributed by atoms with Crippen LogP contribution in [0.1, 0.15) is 12.8 Å². The van der Waals surface area contributed by atoms with E-state index in [0.29, 0.717) is 0 Å². The van der Waals surface area contributed by atoms with Crippen LogP contribution < -0.4 is 17.0 Å². The second-order valence-corrected chi connectivity index (χ2v) is 2.44. The number of carbonyl (C=O) groups is 1. The van der Waals surface area contributed by atoms with Gasteiger partial charge in [0.25, 0.3) is 0 Å². The standard InChI is InChI=1S/C5H11N3O/c6-4-1-3(2-4)5(9)8-7/h3-4H,1-2,6-7H2,(H,8,9)/t3-,4-. The lowest BCUT2D eigenvalue weighted by Gasteiger charge is -2.30. The van der Waals surface area contributed by atoms with Gasteiger partial charge in [-0.3, -0.25) is 10.2 Å². The van der Waals surface area contributed by atoms with Crippen molar-refractivity contribution in [2.45, 2.75) is 18.9 Å². The van der Waals surface area contributed by atoms with Crippen LogP contribution in [-0.4, -0.2) is 11.9 Å². The van der Waals surface area contributed by atoms with Gasteiger partial charge in [-0.1, -0.05) is 0 Å². The monoisotopic (exact) mass is 129 g/mol. The SMILES string of the molecule is NNC(=O)[C@H]1C[C@H](N)C1. The molecule has 0 saturated heterocycles. The maximum absolute atomic E-state index is 10.6. The van der Waals surface area contributed by atoms with E-state index in [0.717, 1.165) is 12.8 Å². The van der Waals surface area contributed by atoms with Gasteiger partial charge in [0.15, 0.2) is 0 Å². The number of nitrogens with one attached hydrogen (secondary N) is 1. The summed E-state index contributed by atoms with van der Waals surface area (Å²) in [5.41, 5.74) is 7.53. The van der Waals surface area contributed by atoms with Crippen LogP contribution in [0.25, 0.3) is 0 Å². The van der Waals surface area contributed by atoms with Crippen LogP contribution >= 0.6 is 0 Å². The number of hydrogen-bond acceptors (Lipinski definition) is 3. The van der Waals surface area contributed by atoms with Crippen molar-refractivity contribution in [1.29, 1.82) is 0 Å². The minimum Gasteiger partial charge on any atom is -0.328 e. The first-order valence-electron chi connectivity index (χ1n) is 3.00. The molecule has 1 amide bonds. The lowest BCUT2D eigenvalue weighted by Crippen LogP contribution is -2.46. The molecule has 0 bridgehead atoms. The van der Waals surface area contributed by atoms with Crippen LogP contribution in [0.3, 0.4) is 0 Å². The van der Waals surface area contributed by atoms with Crippen LogP contribution in [0.4, 0.5) is 0 Å². The van der Waals surface area contributed by atoms with Gasteiger partial charge < -0.3 is 5.73 Å². The van der Waals surface area contributed by atoms with Crippen molar-refractivity contribution in [1.82, 2.24) is 5.43 Å². The number of rotatable bonds is 1. The summed E-state index contributed by atoms with van der Waals surface area (Å²) in [5, 5.41) is 0. The molecule has 4 nitrogen and oxygen atoms in total. The van der Waals surface area contributed by atoms with E-state index in [1.807, 2.05) is 0 Å². The summed E-state index contributed by atoms with van der Waals surface area (Å²) in [6.45, 7) is 0. The number of amides is 1. The molecule has 1 aliphatic rings. The Kier molecular flexibility index (Phi) is 1.68. The molecular formula is C5H11N3O. The first kappa shape index (κ1) is 6.51. The summed E-state index contributed by atoms with van der Waals surface area (Å²) in [7, 11) is 0. The number of hydrazine groups is 1. The Morgan fingerprint density at radius 1 is 1.56 bits per heavy atom. The highest BCUT2D eigenvalue weighted by molar-refractivity contribution is 5.79. The zero-order chi connectivity index (χ0) is 6.85. The predicted octanol–water partition coefficient (Wildman–Crippen LogP) is -1.29. The second-order valence-electron chi connectivity index (χ2n) is 2.44. The van der Waals surface area contributed by atoms with Gasteiger partial charge in [0, 0.05) is 12.0 Å². The van der Waals surface area contributed by atoms with Crippen LogP contribution in [0.2, 0.25) is 0 Å². The van der Waals surface area contributed by atoms with Crippen molar-refractivity contribution < 1.29 is 4.79 Å². The Bertz CT molecular complexity index is 119. The molecule has 1 fully saturated rings. The lowest BCUT2D eigenvalue weighted by molar-refractivity contribution is -0.127. The van der Waals surface area contributed by atoms with Crippen molar-refractivity contribution in [2.24, 2.45) is 17.5 Å². The average Bonchev–Trinajstić information content (AvgIpc) is 1.79. The fourth-order valence-electron chi connectivity index (χ4n) is 0.994. The Balaban J connectivity index is 2.23. The van der Waals surface area contributed by atoms with Crippen LogP contribution in [-0.2, 0) is 4.79 Å². The number of hydrogen-bond donors (Lipinski definition) is 3. The third-order valence-electron chi connectivity index (χ3n) is 1.69. The molecule has 1 aliphatic carbocycles. The minimum absolute atomic E-state index is 0.0741. The quantitative estimate of drug-likeness (QED) is 0.234. The highest BCUT2D eigenvalue weighted by Gasteiger charge is 2.31. The zero-order valence-electron chi connectivity index (χ0n) is 5.13. The summed E-state index contributed by atoms with van der Waals surface area (Å²) in [6, 6.07) is 0.215. The Morgan fingerprint density at radius 2 is 2.11 bits per heavy atom. The van der Waals surface area contributed by atoms with E-state index in [4.69, 9.17) is 11.6 Å². The fourth-order valence-corrected chi connectivity index (χ4v) is 0.994. The first-order chi connectivity index (χ1) is 4.24. The van der Waals surface area contributed by atoms with Gasteiger partial charge in [-0.2, -0.15) is 0 Å². The molecule has 0 spiro atoms. The van der Waals surface area contributed by atoms with E-state index >= 15 is 0 Å². The van der Waals surface area contributed by atoms with Crippen molar-refractivity contribution >= 4 is 5.91 Å². The average molecular weight is 129 g/mol. The third kappa shape index (κ3) is 1.20. The fraction of sp³-hybridized carbons (Fsp3) is 0.800. The van der Waals surface area contributed by atoms with Crippen molar-refractivity contribution in [3.05, 3.63) is 0 Å². The van der Waals surface area contributed by atoms with Gasteiger partial charge in [-0.25, -0.2) is 5.84 Å². The maximum atomic E-state index is 10.6. The van der Waals surface area contributed by atoms with Gasteiger partial charge in [0.1, 0.15) is 0 Å². The molecule has 0 aromatic rings. The highest BCUT2D eigenvalue weighted by Crippen LogP contribution is 2.24. The number of carbonyl (C=O) groups excluding carboxylic acids is 1. The predicted molar refractivity (Wildman–Crippen MR) is 33.0 cm³/mol. The molecule has 0 unspecified atom stereocenters. The molecule has 4 heteroatoms. The third-order valence-corrected chi connectivity index (χ3v) is 1.69. The van der Waals surface area contributed by atoms with Gasteiger partial charge in [-0.15, -0.1) is 0 Å². The summed E-state index contributed by atoms with van der Waals surface area (Å²) < 4.78 is 0. The topological polar surface area (TPSA) is 81.1 Å². The molecule has 5 N–H and O–H groups in total. The summed E-state index contributed by atoms with van der Waals surface area (Å²) in [5.74, 6) is 4.88. The summed E-state index contributed by atoms with van der Waals surface area (Å²) in [4.78, 5) is 10.6. The highest BCUT2D eigenvalue weighted by atomic mass is 16.2.